The summed E-state index contributed by atoms with van der Waals surface area (Å²) in [6.45, 7) is 2.16. The number of nitro groups is 1. The number of hydrogen-bond acceptors (Lipinski definition) is 5. The lowest BCUT2D eigenvalue weighted by atomic mass is 9.79. The normalized spacial score (nSPS) is 9.80. The summed E-state index contributed by atoms with van der Waals surface area (Å²) in [6.07, 6.45) is 0. The minimum absolute atomic E-state index is 0.175. The van der Waals surface area contributed by atoms with E-state index in [2.05, 4.69) is 0 Å². The minimum atomic E-state index is -1.88. The Morgan fingerprint density at radius 2 is 2.20 bits per heavy atom. The summed E-state index contributed by atoms with van der Waals surface area (Å²) in [5, 5.41) is 28.4. The van der Waals surface area contributed by atoms with E-state index < -0.39 is 12.0 Å². The van der Waals surface area contributed by atoms with Gasteiger partial charge in [-0.2, -0.15) is 0 Å². The second-order valence-electron chi connectivity index (χ2n) is 2.78. The zero-order valence-electron chi connectivity index (χ0n) is 8.08. The topological polar surface area (TPSA) is 92.8 Å². The van der Waals surface area contributed by atoms with Gasteiger partial charge in [0.15, 0.2) is 0 Å². The quantitative estimate of drug-likeness (QED) is 0.404. The van der Waals surface area contributed by atoms with E-state index in [-0.39, 0.29) is 11.2 Å². The van der Waals surface area contributed by atoms with Crippen molar-refractivity contribution in [3.05, 3.63) is 28.3 Å². The van der Waals surface area contributed by atoms with Gasteiger partial charge in [-0.05, 0) is 19.1 Å². The number of hydrogen-bond donors (Lipinski definition) is 2. The Labute approximate surface area is 86.4 Å². The van der Waals surface area contributed by atoms with Gasteiger partial charge in [0.2, 0.25) is 0 Å². The highest BCUT2D eigenvalue weighted by atomic mass is 16.6. The van der Waals surface area contributed by atoms with Crippen LogP contribution in [0, 0.1) is 10.1 Å². The van der Waals surface area contributed by atoms with Gasteiger partial charge in [0, 0.05) is 6.07 Å². The Morgan fingerprint density at radius 3 is 2.67 bits per heavy atom. The molecule has 0 radical (unpaired) electrons. The molecule has 0 saturated heterocycles. The summed E-state index contributed by atoms with van der Waals surface area (Å²) in [6, 6.07) is 3.83. The van der Waals surface area contributed by atoms with Crippen LogP contribution >= 0.6 is 0 Å². The summed E-state index contributed by atoms with van der Waals surface area (Å²) in [7, 11) is -1.88. The lowest BCUT2D eigenvalue weighted by Gasteiger charge is -2.06. The van der Waals surface area contributed by atoms with Crippen LogP contribution in [0.4, 0.5) is 5.69 Å². The fourth-order valence-electron chi connectivity index (χ4n) is 1.16. The molecule has 15 heavy (non-hydrogen) atoms. The predicted octanol–water partition coefficient (Wildman–Crippen LogP) is -0.327. The molecule has 0 saturated carbocycles. The lowest BCUT2D eigenvalue weighted by molar-refractivity contribution is -0.383. The molecule has 0 aliphatic heterocycles. The van der Waals surface area contributed by atoms with Crippen molar-refractivity contribution in [3.8, 4) is 5.75 Å². The first-order valence-electron chi connectivity index (χ1n) is 4.33. The molecule has 1 aromatic carbocycles. The fourth-order valence-corrected chi connectivity index (χ4v) is 1.16. The smallest absolute Gasteiger partial charge is 0.494 e. The van der Waals surface area contributed by atoms with Crippen molar-refractivity contribution in [1.82, 2.24) is 0 Å². The first kappa shape index (κ1) is 11.5. The molecule has 7 heteroatoms. The zero-order valence-corrected chi connectivity index (χ0v) is 8.08. The largest absolute Gasteiger partial charge is 0.495 e. The van der Waals surface area contributed by atoms with E-state index in [0.717, 1.165) is 0 Å². The van der Waals surface area contributed by atoms with Gasteiger partial charge in [0.05, 0.1) is 17.0 Å². The molecular weight excluding hydrogens is 201 g/mol. The maximum atomic E-state index is 10.5. The molecule has 0 atom stereocenters. The van der Waals surface area contributed by atoms with Crippen molar-refractivity contribution < 1.29 is 19.7 Å². The Hall–Kier alpha value is -1.60. The number of ether oxygens (including phenoxy) is 1. The van der Waals surface area contributed by atoms with Crippen LogP contribution in [0.1, 0.15) is 6.92 Å². The number of rotatable bonds is 4. The van der Waals surface area contributed by atoms with Gasteiger partial charge in [-0.1, -0.05) is 0 Å². The first-order valence-corrected chi connectivity index (χ1v) is 4.33. The van der Waals surface area contributed by atoms with Gasteiger partial charge in [-0.25, -0.2) is 0 Å². The molecule has 0 heterocycles. The van der Waals surface area contributed by atoms with Crippen molar-refractivity contribution in [2.75, 3.05) is 6.61 Å². The summed E-state index contributed by atoms with van der Waals surface area (Å²) < 4.78 is 5.09. The molecule has 0 fully saturated rings. The predicted molar refractivity (Wildman–Crippen MR) is 54.1 cm³/mol. The van der Waals surface area contributed by atoms with Crippen LogP contribution in [0.3, 0.4) is 0 Å². The summed E-state index contributed by atoms with van der Waals surface area (Å²) in [5.41, 5.74) is -0.514. The molecule has 0 aliphatic rings. The molecule has 0 aromatic heterocycles. The highest BCUT2D eigenvalue weighted by Crippen LogP contribution is 2.15. The standard InChI is InChI=1S/C8H10BNO5/c1-2-15-6-3-4-8(10(13)14)7(5-6)9(11)12/h3-5,11-12H,2H2,1H3. The van der Waals surface area contributed by atoms with E-state index in [4.69, 9.17) is 14.8 Å². The highest BCUT2D eigenvalue weighted by molar-refractivity contribution is 6.60. The van der Waals surface area contributed by atoms with Crippen molar-refractivity contribution in [3.63, 3.8) is 0 Å². The maximum Gasteiger partial charge on any atom is 0.495 e. The van der Waals surface area contributed by atoms with E-state index in [1.807, 2.05) is 0 Å². The van der Waals surface area contributed by atoms with Crippen molar-refractivity contribution in [1.29, 1.82) is 0 Å². The summed E-state index contributed by atoms with van der Waals surface area (Å²) in [4.78, 5) is 9.86. The highest BCUT2D eigenvalue weighted by Gasteiger charge is 2.24. The Bertz CT molecular complexity index is 368. The number of benzene rings is 1. The monoisotopic (exact) mass is 211 g/mol. The van der Waals surface area contributed by atoms with Crippen LogP contribution in [0.15, 0.2) is 18.2 Å². The first-order chi connectivity index (χ1) is 7.06. The molecule has 0 unspecified atom stereocenters. The molecule has 0 amide bonds. The number of nitrogens with zero attached hydrogens (tertiary/aromatic N) is 1. The van der Waals surface area contributed by atoms with E-state index in [0.29, 0.717) is 12.4 Å². The molecule has 0 aliphatic carbocycles. The minimum Gasteiger partial charge on any atom is -0.494 e. The molecule has 0 bridgehead atoms. The van der Waals surface area contributed by atoms with Crippen molar-refractivity contribution in [2.45, 2.75) is 6.92 Å². The molecular formula is C8H10BNO5. The average Bonchev–Trinajstić information content (AvgIpc) is 2.17. The second kappa shape index (κ2) is 4.76. The van der Waals surface area contributed by atoms with E-state index in [1.165, 1.54) is 18.2 Å². The van der Waals surface area contributed by atoms with Gasteiger partial charge < -0.3 is 14.8 Å². The molecule has 0 spiro atoms. The van der Waals surface area contributed by atoms with E-state index >= 15 is 0 Å². The van der Waals surface area contributed by atoms with Crippen molar-refractivity contribution >= 4 is 18.3 Å². The Morgan fingerprint density at radius 1 is 1.53 bits per heavy atom. The summed E-state index contributed by atoms with van der Waals surface area (Å²) in [5.74, 6) is 0.367. The van der Waals surface area contributed by atoms with Crippen LogP contribution in [-0.4, -0.2) is 28.7 Å². The van der Waals surface area contributed by atoms with Crippen LogP contribution in [0.2, 0.25) is 0 Å². The number of nitro benzene ring substituents is 1. The maximum absolute atomic E-state index is 10.5. The third-order valence-corrected chi connectivity index (χ3v) is 1.78. The van der Waals surface area contributed by atoms with Crippen LogP contribution in [-0.2, 0) is 0 Å². The summed E-state index contributed by atoms with van der Waals surface area (Å²) >= 11 is 0. The zero-order chi connectivity index (χ0) is 11.4. The third-order valence-electron chi connectivity index (χ3n) is 1.78. The van der Waals surface area contributed by atoms with Gasteiger partial charge in [0.1, 0.15) is 5.75 Å². The molecule has 2 N–H and O–H groups in total. The second-order valence-corrected chi connectivity index (χ2v) is 2.78. The Kier molecular flexibility index (Phi) is 3.65. The van der Waals surface area contributed by atoms with Crippen molar-refractivity contribution in [2.24, 2.45) is 0 Å². The van der Waals surface area contributed by atoms with Gasteiger partial charge >= 0.3 is 7.12 Å². The molecule has 6 nitrogen and oxygen atoms in total. The van der Waals surface area contributed by atoms with Gasteiger partial charge in [-0.3, -0.25) is 10.1 Å². The lowest BCUT2D eigenvalue weighted by Crippen LogP contribution is -2.32. The van der Waals surface area contributed by atoms with Crippen LogP contribution in [0.5, 0.6) is 5.75 Å². The fraction of sp³-hybridized carbons (Fsp3) is 0.250. The molecule has 1 rings (SSSR count). The van der Waals surface area contributed by atoms with E-state index in [1.54, 1.807) is 6.92 Å². The van der Waals surface area contributed by atoms with Crippen LogP contribution < -0.4 is 10.2 Å². The average molecular weight is 211 g/mol. The molecule has 80 valence electrons. The van der Waals surface area contributed by atoms with Gasteiger partial charge in [-0.15, -0.1) is 0 Å². The Balaban J connectivity index is 3.15. The van der Waals surface area contributed by atoms with Gasteiger partial charge in [0.25, 0.3) is 5.69 Å². The third kappa shape index (κ3) is 2.68. The van der Waals surface area contributed by atoms with Crippen LogP contribution in [0.25, 0.3) is 0 Å². The SMILES string of the molecule is CCOc1ccc([N+](=O)[O-])c(B(O)O)c1. The molecule has 1 aromatic rings. The van der Waals surface area contributed by atoms with E-state index in [9.17, 15) is 10.1 Å².